The van der Waals surface area contributed by atoms with Gasteiger partial charge in [0.2, 0.25) is 0 Å². The van der Waals surface area contributed by atoms with Gasteiger partial charge in [-0.3, -0.25) is 0 Å². The fourth-order valence-electron chi connectivity index (χ4n) is 8.23. The largest absolute Gasteiger partial charge is 0.456 e. The van der Waals surface area contributed by atoms with Crippen LogP contribution in [-0.2, 0) is 0 Å². The summed E-state index contributed by atoms with van der Waals surface area (Å²) in [7, 11) is 0. The fourth-order valence-corrected chi connectivity index (χ4v) is 8.23. The molecule has 1 aliphatic rings. The summed E-state index contributed by atoms with van der Waals surface area (Å²) in [5.74, 6) is 1.47. The van der Waals surface area contributed by atoms with Crippen LogP contribution < -0.4 is 5.32 Å². The molecular formula is C51H33N3O. The van der Waals surface area contributed by atoms with E-state index in [2.05, 4.69) is 169 Å². The lowest BCUT2D eigenvalue weighted by molar-refractivity contribution is 0.662. The summed E-state index contributed by atoms with van der Waals surface area (Å²) >= 11 is 0. The van der Waals surface area contributed by atoms with Crippen molar-refractivity contribution in [1.29, 1.82) is 0 Å². The van der Waals surface area contributed by atoms with Gasteiger partial charge in [0.15, 0.2) is 5.84 Å². The lowest BCUT2D eigenvalue weighted by Crippen LogP contribution is -2.33. The minimum absolute atomic E-state index is 0.399. The molecule has 1 aliphatic heterocycles. The zero-order chi connectivity index (χ0) is 36.3. The second-order valence-electron chi connectivity index (χ2n) is 14.2. The second kappa shape index (κ2) is 12.7. The lowest BCUT2D eigenvalue weighted by atomic mass is 9.93. The molecule has 9 aromatic carbocycles. The van der Waals surface area contributed by atoms with Gasteiger partial charge >= 0.3 is 0 Å². The van der Waals surface area contributed by atoms with Gasteiger partial charge in [0.25, 0.3) is 0 Å². The molecule has 0 fully saturated rings. The first kappa shape index (κ1) is 31.2. The van der Waals surface area contributed by atoms with Crippen molar-refractivity contribution in [3.8, 4) is 22.3 Å². The van der Waals surface area contributed by atoms with Gasteiger partial charge in [0.05, 0.1) is 0 Å². The number of hydrogen-bond donors (Lipinski definition) is 1. The van der Waals surface area contributed by atoms with E-state index in [1.165, 1.54) is 38.1 Å². The number of aliphatic imine (C=N–C) groups is 2. The highest BCUT2D eigenvalue weighted by Crippen LogP contribution is 2.39. The Kier molecular flexibility index (Phi) is 7.20. The average molecular weight is 704 g/mol. The maximum Gasteiger partial charge on any atom is 0.159 e. The Labute approximate surface area is 317 Å². The molecule has 1 atom stereocenters. The van der Waals surface area contributed by atoms with Crippen molar-refractivity contribution in [2.24, 2.45) is 9.98 Å². The van der Waals surface area contributed by atoms with Gasteiger partial charge in [0, 0.05) is 27.5 Å². The van der Waals surface area contributed by atoms with Crippen molar-refractivity contribution >= 4 is 65.9 Å². The van der Waals surface area contributed by atoms with Crippen LogP contribution in [0.4, 0.5) is 0 Å². The molecule has 0 saturated carbocycles. The summed E-state index contributed by atoms with van der Waals surface area (Å²) in [6.45, 7) is 0. The van der Waals surface area contributed by atoms with Crippen LogP contribution in [0.1, 0.15) is 22.9 Å². The standard InChI is InChI=1S/C51H33N3O/c1-3-12-33(13-4-1)41-18-9-17-34-22-24-39-30-40(26-27-42(39)47(34)41)50-52-49(35-14-5-2-6-15-35)53-51(54-50)44-19-10-20-45-48(44)43-28-25-38(31-46(43)55-45)37-23-21-32-11-7-8-16-36(32)29-37/h1-31,51H,(H,52,53,54). The van der Waals surface area contributed by atoms with Crippen molar-refractivity contribution in [3.05, 3.63) is 205 Å². The van der Waals surface area contributed by atoms with Crippen LogP contribution >= 0.6 is 0 Å². The summed E-state index contributed by atoms with van der Waals surface area (Å²) < 4.78 is 6.57. The van der Waals surface area contributed by atoms with Crippen LogP contribution in [0.15, 0.2) is 202 Å². The molecule has 0 saturated heterocycles. The van der Waals surface area contributed by atoms with Gasteiger partial charge in [-0.05, 0) is 84.9 Å². The minimum Gasteiger partial charge on any atom is -0.456 e. The molecule has 258 valence electrons. The second-order valence-corrected chi connectivity index (χ2v) is 14.2. The molecule has 1 N–H and O–H groups in total. The van der Waals surface area contributed by atoms with Crippen molar-refractivity contribution in [2.75, 3.05) is 0 Å². The molecule has 55 heavy (non-hydrogen) atoms. The van der Waals surface area contributed by atoms with E-state index in [0.29, 0.717) is 5.84 Å². The third-order valence-corrected chi connectivity index (χ3v) is 10.9. The molecule has 0 amide bonds. The zero-order valence-electron chi connectivity index (χ0n) is 29.8. The molecule has 0 radical (unpaired) electrons. The van der Waals surface area contributed by atoms with Crippen LogP contribution in [0.2, 0.25) is 0 Å². The molecule has 1 unspecified atom stereocenters. The molecule has 4 nitrogen and oxygen atoms in total. The monoisotopic (exact) mass is 703 g/mol. The van der Waals surface area contributed by atoms with Crippen LogP contribution in [0.3, 0.4) is 0 Å². The molecule has 0 spiro atoms. The SMILES string of the molecule is c1ccc(C2=NC(c3cccc4oc5cc(-c6ccc7ccccc7c6)ccc5c34)NC(c3ccc4c(ccc5cccc(-c6ccccc6)c54)c3)=N2)cc1. The summed E-state index contributed by atoms with van der Waals surface area (Å²) in [5.41, 5.74) is 9.40. The van der Waals surface area contributed by atoms with E-state index in [1.807, 2.05) is 24.3 Å². The number of nitrogens with one attached hydrogen (secondary N) is 1. The number of amidine groups is 2. The van der Waals surface area contributed by atoms with Crippen LogP contribution in [0, 0.1) is 0 Å². The normalized spacial score (nSPS) is 14.4. The Hall–Kier alpha value is -7.30. The predicted molar refractivity (Wildman–Crippen MR) is 229 cm³/mol. The third kappa shape index (κ3) is 5.38. The first-order valence-corrected chi connectivity index (χ1v) is 18.7. The summed E-state index contributed by atoms with van der Waals surface area (Å²) in [4.78, 5) is 10.4. The van der Waals surface area contributed by atoms with Crippen molar-refractivity contribution in [2.45, 2.75) is 6.17 Å². The number of hydrogen-bond acceptors (Lipinski definition) is 4. The van der Waals surface area contributed by atoms with Gasteiger partial charge < -0.3 is 9.73 Å². The Bertz CT molecular complexity index is 3180. The van der Waals surface area contributed by atoms with Gasteiger partial charge in [-0.1, -0.05) is 158 Å². The molecule has 0 bridgehead atoms. The highest BCUT2D eigenvalue weighted by molar-refractivity contribution is 6.18. The number of benzene rings is 9. The molecular weight excluding hydrogens is 671 g/mol. The number of nitrogens with zero attached hydrogens (tertiary/aromatic N) is 2. The van der Waals surface area contributed by atoms with Crippen LogP contribution in [-0.4, -0.2) is 11.7 Å². The summed E-state index contributed by atoms with van der Waals surface area (Å²) in [5, 5.41) is 13.1. The average Bonchev–Trinajstić information content (AvgIpc) is 3.64. The molecule has 0 aliphatic carbocycles. The lowest BCUT2D eigenvalue weighted by Gasteiger charge is -2.24. The van der Waals surface area contributed by atoms with Gasteiger partial charge in [-0.2, -0.15) is 0 Å². The Morgan fingerprint density at radius 3 is 1.95 bits per heavy atom. The summed E-state index contributed by atoms with van der Waals surface area (Å²) in [6, 6.07) is 66.4. The minimum atomic E-state index is -0.399. The quantitative estimate of drug-likeness (QED) is 0.181. The van der Waals surface area contributed by atoms with E-state index in [1.54, 1.807) is 0 Å². The Morgan fingerprint density at radius 2 is 1.07 bits per heavy atom. The molecule has 4 heteroatoms. The van der Waals surface area contributed by atoms with Crippen molar-refractivity contribution in [1.82, 2.24) is 5.32 Å². The predicted octanol–water partition coefficient (Wildman–Crippen LogP) is 12.9. The summed E-state index contributed by atoms with van der Waals surface area (Å²) in [6.07, 6.45) is -0.399. The fraction of sp³-hybridized carbons (Fsp3) is 0.0196. The number of fused-ring (bicyclic) bond motifs is 7. The number of rotatable bonds is 5. The molecule has 11 rings (SSSR count). The first-order chi connectivity index (χ1) is 27.2. The van der Waals surface area contributed by atoms with Gasteiger partial charge in [-0.25, -0.2) is 9.98 Å². The smallest absolute Gasteiger partial charge is 0.159 e. The molecule has 2 heterocycles. The Balaban J connectivity index is 1.02. The van der Waals surface area contributed by atoms with Crippen LogP contribution in [0.25, 0.3) is 76.5 Å². The van der Waals surface area contributed by atoms with E-state index >= 15 is 0 Å². The molecule has 10 aromatic rings. The highest BCUT2D eigenvalue weighted by atomic mass is 16.3. The maximum atomic E-state index is 6.57. The highest BCUT2D eigenvalue weighted by Gasteiger charge is 2.25. The van der Waals surface area contributed by atoms with E-state index in [9.17, 15) is 0 Å². The van der Waals surface area contributed by atoms with Crippen molar-refractivity contribution in [3.63, 3.8) is 0 Å². The molecule has 1 aromatic heterocycles. The zero-order valence-corrected chi connectivity index (χ0v) is 29.8. The van der Waals surface area contributed by atoms with Crippen molar-refractivity contribution < 1.29 is 4.42 Å². The first-order valence-electron chi connectivity index (χ1n) is 18.7. The topological polar surface area (TPSA) is 49.9 Å². The van der Waals surface area contributed by atoms with E-state index in [4.69, 9.17) is 14.4 Å². The number of furan rings is 1. The van der Waals surface area contributed by atoms with Crippen LogP contribution in [0.5, 0.6) is 0 Å². The maximum absolute atomic E-state index is 6.57. The van der Waals surface area contributed by atoms with E-state index < -0.39 is 6.17 Å². The Morgan fingerprint density at radius 1 is 0.418 bits per heavy atom. The van der Waals surface area contributed by atoms with E-state index in [-0.39, 0.29) is 0 Å². The third-order valence-electron chi connectivity index (χ3n) is 10.9. The van der Waals surface area contributed by atoms with E-state index in [0.717, 1.165) is 61.0 Å². The van der Waals surface area contributed by atoms with Gasteiger partial charge in [0.1, 0.15) is 23.2 Å². The van der Waals surface area contributed by atoms with Gasteiger partial charge in [-0.15, -0.1) is 0 Å².